The number of rotatable bonds is 22. The van der Waals surface area contributed by atoms with E-state index in [4.69, 9.17) is 37.9 Å². The van der Waals surface area contributed by atoms with Crippen molar-refractivity contribution in [2.75, 3.05) is 0 Å². The van der Waals surface area contributed by atoms with Crippen LogP contribution in [0.4, 0.5) is 0 Å². The van der Waals surface area contributed by atoms with Gasteiger partial charge in [0.25, 0.3) is 0 Å². The average Bonchev–Trinajstić information content (AvgIpc) is 0.835. The summed E-state index contributed by atoms with van der Waals surface area (Å²) in [5.41, 5.74) is 3.74. The predicted octanol–water partition coefficient (Wildman–Crippen LogP) is 18.7. The zero-order valence-corrected chi connectivity index (χ0v) is 64.1. The van der Waals surface area contributed by atoms with Gasteiger partial charge >= 0.3 is 47.8 Å². The third-order valence-corrected chi connectivity index (χ3v) is 17.4. The number of carbonyl (C=O) groups is 8. The number of phenols is 9. The number of ether oxygens (including phenoxy) is 8. The Balaban J connectivity index is 0.000000174. The second-order valence-corrected chi connectivity index (χ2v) is 26.2. The van der Waals surface area contributed by atoms with Gasteiger partial charge < -0.3 is 83.9 Å². The summed E-state index contributed by atoms with van der Waals surface area (Å²) in [6.07, 6.45) is 10.4. The highest BCUT2D eigenvalue weighted by Crippen LogP contribution is 2.34. The van der Waals surface area contributed by atoms with Crippen molar-refractivity contribution in [3.63, 3.8) is 0 Å². The third kappa shape index (κ3) is 23.5. The lowest BCUT2D eigenvalue weighted by atomic mass is 10.1. The molecule has 0 radical (unpaired) electrons. The highest BCUT2D eigenvalue weighted by atomic mass is 16.6. The minimum atomic E-state index is -0.867. The molecule has 25 nitrogen and oxygen atoms in total. The molecule has 0 saturated carbocycles. The number of esters is 8. The predicted molar refractivity (Wildman–Crippen MR) is 452 cm³/mol. The summed E-state index contributed by atoms with van der Waals surface area (Å²) in [6, 6.07) is 80.3. The molecule has 123 heavy (non-hydrogen) atoms. The average molecular weight is 1650 g/mol. The first-order valence-electron chi connectivity index (χ1n) is 36.9. The van der Waals surface area contributed by atoms with Gasteiger partial charge in [0.2, 0.25) is 0 Å². The van der Waals surface area contributed by atoms with E-state index in [1.807, 2.05) is 0 Å². The fourth-order valence-corrected chi connectivity index (χ4v) is 11.4. The molecule has 14 rings (SSSR count). The lowest BCUT2D eigenvalue weighted by Gasteiger charge is -2.11. The van der Waals surface area contributed by atoms with Gasteiger partial charge in [-0.15, -0.1) is 0 Å². The smallest absolute Gasteiger partial charge is 0.347 e. The summed E-state index contributed by atoms with van der Waals surface area (Å²) in [5, 5.41) is 88.6. The van der Waals surface area contributed by atoms with Crippen LogP contribution >= 0.6 is 0 Å². The highest BCUT2D eigenvalue weighted by molar-refractivity contribution is 6.02. The van der Waals surface area contributed by atoms with Gasteiger partial charge in [-0.1, -0.05) is 170 Å². The molecule has 0 bridgehead atoms. The van der Waals surface area contributed by atoms with E-state index in [-0.39, 0.29) is 142 Å². The summed E-state index contributed by atoms with van der Waals surface area (Å²) >= 11 is 0. The third-order valence-electron chi connectivity index (χ3n) is 17.4. The molecule has 9 N–H and O–H groups in total. The Hall–Kier alpha value is -17.7. The number of hydrogen-bond acceptors (Lipinski definition) is 25. The first-order valence-corrected chi connectivity index (χ1v) is 36.9. The normalized spacial score (nSPS) is 10.7. The van der Waals surface area contributed by atoms with E-state index in [9.17, 15) is 84.3 Å². The van der Waals surface area contributed by atoms with Crippen LogP contribution in [0.1, 0.15) is 116 Å². The number of carbonyl (C=O) groups excluding carboxylic acids is 8. The molecule has 0 amide bonds. The molecule has 25 heteroatoms. The van der Waals surface area contributed by atoms with Crippen LogP contribution in [0, 0.1) is 0 Å². The van der Waals surface area contributed by atoms with E-state index in [0.717, 1.165) is 11.1 Å². The van der Waals surface area contributed by atoms with Crippen LogP contribution in [-0.4, -0.2) is 93.7 Å². The molecule has 0 aliphatic heterocycles. The van der Waals surface area contributed by atoms with Gasteiger partial charge in [-0.3, -0.25) is 0 Å². The maximum absolute atomic E-state index is 13.1. The molecule has 0 saturated heterocycles. The molecule has 0 spiro atoms. The Labute approximate surface area is 700 Å². The molecule has 0 aliphatic rings. The quantitative estimate of drug-likeness (QED) is 0.0173. The summed E-state index contributed by atoms with van der Waals surface area (Å²) in [4.78, 5) is 102. The SMILES string of the molecule is O=C(Oc1ccccc1C(=O)Oc1cc(O)cc(/C=C/c2ccc(O)cc2)c1)c1ccccc1O.O=C(Oc1ccccc1C(=O)Oc1ccc(/C=C/c2cc(O)cc(O)c2)cc1)c1ccccc1O.O=C(Oc1ccccc1C(=O)Oc1ccc(/C=C/c2cc(O)cc(OC(=O)c3ccccc3OC(=O)c3ccccc3O)c2)cc1)c1ccccc1O. The van der Waals surface area contributed by atoms with E-state index in [2.05, 4.69) is 0 Å². The van der Waals surface area contributed by atoms with Gasteiger partial charge in [-0.25, -0.2) is 38.4 Å². The van der Waals surface area contributed by atoms with Gasteiger partial charge in [0.15, 0.2) is 0 Å². The van der Waals surface area contributed by atoms with E-state index in [1.54, 1.807) is 212 Å². The van der Waals surface area contributed by atoms with Crippen LogP contribution in [0.3, 0.4) is 0 Å². The molecular formula is C98H68O25. The zero-order chi connectivity index (χ0) is 86.9. The number of aromatic hydroxyl groups is 9. The summed E-state index contributed by atoms with van der Waals surface area (Å²) < 4.78 is 43.3. The second-order valence-electron chi connectivity index (χ2n) is 26.2. The van der Waals surface area contributed by atoms with Crippen molar-refractivity contribution in [3.8, 4) is 97.7 Å². The second kappa shape index (κ2) is 40.2. The Kier molecular flexibility index (Phi) is 27.7. The largest absolute Gasteiger partial charge is 0.508 e. The fourth-order valence-electron chi connectivity index (χ4n) is 11.4. The van der Waals surface area contributed by atoms with E-state index < -0.39 is 47.8 Å². The lowest BCUT2D eigenvalue weighted by Crippen LogP contribution is -2.14. The fraction of sp³-hybridized carbons (Fsp3) is 0. The van der Waals surface area contributed by atoms with Crippen LogP contribution in [0.5, 0.6) is 97.7 Å². The van der Waals surface area contributed by atoms with Gasteiger partial charge in [-0.05, 0) is 203 Å². The van der Waals surface area contributed by atoms with Crippen molar-refractivity contribution in [2.24, 2.45) is 0 Å². The molecule has 0 fully saturated rings. The highest BCUT2D eigenvalue weighted by Gasteiger charge is 2.25. The van der Waals surface area contributed by atoms with Crippen LogP contribution in [0.25, 0.3) is 36.5 Å². The van der Waals surface area contributed by atoms with Crippen molar-refractivity contribution in [3.05, 3.63) is 399 Å². The molecule has 14 aromatic rings. The van der Waals surface area contributed by atoms with Gasteiger partial charge in [0.1, 0.15) is 142 Å². The Morgan fingerprint density at radius 3 is 0.642 bits per heavy atom. The van der Waals surface area contributed by atoms with Crippen LogP contribution in [-0.2, 0) is 0 Å². The lowest BCUT2D eigenvalue weighted by molar-refractivity contribution is 0.0685. The number of hydrogen-bond donors (Lipinski definition) is 9. The Morgan fingerprint density at radius 1 is 0.171 bits per heavy atom. The van der Waals surface area contributed by atoms with Gasteiger partial charge in [0, 0.05) is 18.2 Å². The monoisotopic (exact) mass is 1640 g/mol. The molecule has 0 atom stereocenters. The summed E-state index contributed by atoms with van der Waals surface area (Å²) in [5.74, 6) is -7.29. The molecule has 0 aliphatic carbocycles. The van der Waals surface area contributed by atoms with Crippen molar-refractivity contribution in [2.45, 2.75) is 0 Å². The number of benzene rings is 14. The number of phenolic OH excluding ortho intramolecular Hbond substituents is 9. The minimum absolute atomic E-state index is 0.000303. The number of para-hydroxylation sites is 8. The Bertz CT molecular complexity index is 6350. The summed E-state index contributed by atoms with van der Waals surface area (Å²) in [6.45, 7) is 0. The van der Waals surface area contributed by atoms with Gasteiger partial charge in [-0.2, -0.15) is 0 Å². The molecule has 610 valence electrons. The van der Waals surface area contributed by atoms with Crippen molar-refractivity contribution < 1.29 is 122 Å². The standard InChI is InChI=1S/C42H28O11.2C28H20O7/c43-28-23-27(24-30(25-28)51-42(49)34-12-4-8-16-38(34)53-40(47)32-10-2-6-14-36(32)45)18-17-26-19-21-29(22-20-26)50-41(48)33-11-3-7-15-37(33)52-39(46)31-9-1-5-13-35(31)44;29-20-15-19(16-21(30)17-20)10-9-18-11-13-22(14-12-18)34-28(33)24-6-2-4-8-26(24)35-27(32)23-5-1-3-7-25(23)31;29-20-13-11-18(12-14-20)9-10-19-15-21(30)17-22(16-19)34-28(33)24-6-2-4-8-26(24)35-27(32)23-5-1-3-7-25(23)31/h1-25,43-45H;2*1-17,29-31H/b18-17+;2*10-9+. The Morgan fingerprint density at radius 2 is 0.374 bits per heavy atom. The summed E-state index contributed by atoms with van der Waals surface area (Å²) in [7, 11) is 0. The molecule has 14 aromatic carbocycles. The van der Waals surface area contributed by atoms with Crippen molar-refractivity contribution in [1.82, 2.24) is 0 Å². The molecule has 0 unspecified atom stereocenters. The first-order chi connectivity index (χ1) is 59.4. The van der Waals surface area contributed by atoms with Gasteiger partial charge in [0.05, 0.1) is 0 Å². The van der Waals surface area contributed by atoms with Crippen LogP contribution in [0.2, 0.25) is 0 Å². The van der Waals surface area contributed by atoms with Crippen molar-refractivity contribution in [1.29, 1.82) is 0 Å². The van der Waals surface area contributed by atoms with Crippen LogP contribution in [0.15, 0.2) is 322 Å². The van der Waals surface area contributed by atoms with Crippen LogP contribution < -0.4 is 37.9 Å². The van der Waals surface area contributed by atoms with E-state index >= 15 is 0 Å². The maximum atomic E-state index is 13.1. The zero-order valence-electron chi connectivity index (χ0n) is 64.1. The minimum Gasteiger partial charge on any atom is -0.508 e. The van der Waals surface area contributed by atoms with E-state index in [0.29, 0.717) is 22.3 Å². The molecule has 0 heterocycles. The first kappa shape index (κ1) is 84.7. The maximum Gasteiger partial charge on any atom is 0.347 e. The van der Waals surface area contributed by atoms with Crippen molar-refractivity contribution >= 4 is 84.2 Å². The molecular weight excluding hydrogens is 1580 g/mol. The van der Waals surface area contributed by atoms with E-state index in [1.165, 1.54) is 146 Å². The molecule has 0 aromatic heterocycles. The topological polar surface area (TPSA) is 392 Å².